The quantitative estimate of drug-likeness (QED) is 0.823. The van der Waals surface area contributed by atoms with E-state index in [1.165, 1.54) is 24.5 Å². The van der Waals surface area contributed by atoms with E-state index in [9.17, 15) is 9.59 Å². The molecule has 0 spiro atoms. The fraction of sp³-hybridized carbons (Fsp3) is 0.583. The van der Waals surface area contributed by atoms with Crippen LogP contribution in [0.15, 0.2) is 9.59 Å². The van der Waals surface area contributed by atoms with Crippen molar-refractivity contribution >= 4 is 5.82 Å². The minimum atomic E-state index is -0.547. The summed E-state index contributed by atoms with van der Waals surface area (Å²) in [5, 5.41) is 12.1. The molecule has 0 aliphatic heterocycles. The highest BCUT2D eigenvalue weighted by atomic mass is 16.2. The van der Waals surface area contributed by atoms with E-state index < -0.39 is 11.2 Å². The lowest BCUT2D eigenvalue weighted by Crippen LogP contribution is -2.40. The van der Waals surface area contributed by atoms with Gasteiger partial charge in [0.1, 0.15) is 11.9 Å². The maximum absolute atomic E-state index is 11.8. The van der Waals surface area contributed by atoms with E-state index in [2.05, 4.69) is 5.32 Å². The zero-order valence-electron chi connectivity index (χ0n) is 10.6. The van der Waals surface area contributed by atoms with Gasteiger partial charge in [0.15, 0.2) is 5.56 Å². The van der Waals surface area contributed by atoms with Gasteiger partial charge < -0.3 is 5.32 Å². The highest BCUT2D eigenvalue weighted by molar-refractivity contribution is 5.51. The Morgan fingerprint density at radius 2 is 2.00 bits per heavy atom. The molecule has 96 valence electrons. The standard InChI is InChI=1S/C12H16N4O2/c1-15-10(14-6-5-8-3-4-8)9(7-13)11(17)16(2)12(15)18/h8,14H,3-6H2,1-2H3. The Kier molecular flexibility index (Phi) is 3.24. The summed E-state index contributed by atoms with van der Waals surface area (Å²) in [6.45, 7) is 0.680. The minimum absolute atomic E-state index is 0.00426. The Hall–Kier alpha value is -2.03. The summed E-state index contributed by atoms with van der Waals surface area (Å²) in [6, 6.07) is 1.87. The first-order valence-corrected chi connectivity index (χ1v) is 6.00. The molecule has 0 amide bonds. The fourth-order valence-electron chi connectivity index (χ4n) is 1.95. The third kappa shape index (κ3) is 2.16. The van der Waals surface area contributed by atoms with Gasteiger partial charge >= 0.3 is 5.69 Å². The Morgan fingerprint density at radius 3 is 2.56 bits per heavy atom. The molecule has 1 heterocycles. The molecule has 1 aliphatic carbocycles. The van der Waals surface area contributed by atoms with Gasteiger partial charge in [0.25, 0.3) is 5.56 Å². The van der Waals surface area contributed by atoms with Gasteiger partial charge in [-0.1, -0.05) is 12.8 Å². The molecular weight excluding hydrogens is 232 g/mol. The smallest absolute Gasteiger partial charge is 0.332 e. The van der Waals surface area contributed by atoms with Crippen LogP contribution in [-0.2, 0) is 14.1 Å². The van der Waals surface area contributed by atoms with Crippen molar-refractivity contribution in [2.24, 2.45) is 20.0 Å². The molecule has 0 bridgehead atoms. The molecule has 0 aromatic carbocycles. The van der Waals surface area contributed by atoms with Gasteiger partial charge in [-0.05, 0) is 12.3 Å². The topological polar surface area (TPSA) is 79.8 Å². The van der Waals surface area contributed by atoms with Gasteiger partial charge in [-0.2, -0.15) is 5.26 Å². The number of nitriles is 1. The summed E-state index contributed by atoms with van der Waals surface area (Å²) in [7, 11) is 2.93. The second-order valence-electron chi connectivity index (χ2n) is 4.70. The summed E-state index contributed by atoms with van der Waals surface area (Å²) in [5.41, 5.74) is -0.974. The summed E-state index contributed by atoms with van der Waals surface area (Å²) >= 11 is 0. The first kappa shape index (κ1) is 12.4. The normalized spacial score (nSPS) is 14.3. The molecule has 6 heteroatoms. The number of nitrogens with zero attached hydrogens (tertiary/aromatic N) is 3. The van der Waals surface area contributed by atoms with Crippen LogP contribution in [0.5, 0.6) is 0 Å². The lowest BCUT2D eigenvalue weighted by Gasteiger charge is -2.13. The van der Waals surface area contributed by atoms with E-state index in [-0.39, 0.29) is 5.56 Å². The minimum Gasteiger partial charge on any atom is -0.370 e. The third-order valence-corrected chi connectivity index (χ3v) is 3.32. The number of hydrogen-bond donors (Lipinski definition) is 1. The number of nitrogens with one attached hydrogen (secondary N) is 1. The average Bonchev–Trinajstić information content (AvgIpc) is 3.17. The Bertz CT molecular complexity index is 617. The molecule has 0 saturated heterocycles. The summed E-state index contributed by atoms with van der Waals surface area (Å²) in [6.07, 6.45) is 3.51. The third-order valence-electron chi connectivity index (χ3n) is 3.32. The van der Waals surface area contributed by atoms with Crippen molar-refractivity contribution in [1.29, 1.82) is 5.26 Å². The second kappa shape index (κ2) is 4.69. The SMILES string of the molecule is Cn1c(NCCC2CC2)c(C#N)c(=O)n(C)c1=O. The molecule has 1 aromatic rings. The summed E-state index contributed by atoms with van der Waals surface area (Å²) in [4.78, 5) is 23.6. The van der Waals surface area contributed by atoms with E-state index in [0.717, 1.165) is 16.9 Å². The number of rotatable bonds is 4. The van der Waals surface area contributed by atoms with Gasteiger partial charge in [-0.25, -0.2) is 4.79 Å². The maximum atomic E-state index is 11.8. The molecule has 1 fully saturated rings. The van der Waals surface area contributed by atoms with Crippen LogP contribution in [0.3, 0.4) is 0 Å². The van der Waals surface area contributed by atoms with E-state index in [4.69, 9.17) is 5.26 Å². The van der Waals surface area contributed by atoms with Gasteiger partial charge in [0.05, 0.1) is 0 Å². The molecule has 1 N–H and O–H groups in total. The van der Waals surface area contributed by atoms with Crippen LogP contribution in [0.25, 0.3) is 0 Å². The maximum Gasteiger partial charge on any atom is 0.332 e. The van der Waals surface area contributed by atoms with Crippen molar-refractivity contribution in [3.63, 3.8) is 0 Å². The summed E-state index contributed by atoms with van der Waals surface area (Å²) < 4.78 is 2.26. The lowest BCUT2D eigenvalue weighted by atomic mass is 10.2. The van der Waals surface area contributed by atoms with Crippen molar-refractivity contribution in [1.82, 2.24) is 9.13 Å². The van der Waals surface area contributed by atoms with Crippen LogP contribution in [0.2, 0.25) is 0 Å². The fourth-order valence-corrected chi connectivity index (χ4v) is 1.95. The number of hydrogen-bond acceptors (Lipinski definition) is 4. The first-order chi connectivity index (χ1) is 8.56. The van der Waals surface area contributed by atoms with Crippen molar-refractivity contribution in [2.75, 3.05) is 11.9 Å². The summed E-state index contributed by atoms with van der Waals surface area (Å²) in [5.74, 6) is 1.08. The van der Waals surface area contributed by atoms with E-state index in [0.29, 0.717) is 12.4 Å². The van der Waals surface area contributed by atoms with Crippen LogP contribution >= 0.6 is 0 Å². The average molecular weight is 248 g/mol. The molecule has 0 radical (unpaired) electrons. The molecule has 6 nitrogen and oxygen atoms in total. The zero-order chi connectivity index (χ0) is 13.3. The van der Waals surface area contributed by atoms with Gasteiger partial charge in [-0.15, -0.1) is 0 Å². The van der Waals surface area contributed by atoms with E-state index in [1.807, 2.05) is 6.07 Å². The highest BCUT2D eigenvalue weighted by Gasteiger charge is 2.21. The Balaban J connectivity index is 2.35. The van der Waals surface area contributed by atoms with Gasteiger partial charge in [0.2, 0.25) is 0 Å². The van der Waals surface area contributed by atoms with E-state index >= 15 is 0 Å². The predicted octanol–water partition coefficient (Wildman–Crippen LogP) is 0.168. The molecule has 1 aliphatic rings. The molecule has 0 atom stereocenters. The molecule has 18 heavy (non-hydrogen) atoms. The molecule has 1 aromatic heterocycles. The molecule has 0 unspecified atom stereocenters. The Labute approximate surface area is 104 Å². The zero-order valence-corrected chi connectivity index (χ0v) is 10.6. The largest absolute Gasteiger partial charge is 0.370 e. The van der Waals surface area contributed by atoms with Crippen LogP contribution in [-0.4, -0.2) is 15.7 Å². The molecular formula is C12H16N4O2. The van der Waals surface area contributed by atoms with Crippen LogP contribution in [0.1, 0.15) is 24.8 Å². The lowest BCUT2D eigenvalue weighted by molar-refractivity contribution is 0.678. The second-order valence-corrected chi connectivity index (χ2v) is 4.70. The molecule has 2 rings (SSSR count). The van der Waals surface area contributed by atoms with E-state index in [1.54, 1.807) is 7.05 Å². The van der Waals surface area contributed by atoms with Crippen molar-refractivity contribution < 1.29 is 0 Å². The van der Waals surface area contributed by atoms with Crippen molar-refractivity contribution in [3.05, 3.63) is 26.4 Å². The number of aromatic nitrogens is 2. The van der Waals surface area contributed by atoms with Gasteiger partial charge in [0, 0.05) is 20.6 Å². The van der Waals surface area contributed by atoms with Crippen LogP contribution in [0, 0.1) is 17.2 Å². The predicted molar refractivity (Wildman–Crippen MR) is 67.5 cm³/mol. The van der Waals surface area contributed by atoms with Crippen molar-refractivity contribution in [2.45, 2.75) is 19.3 Å². The highest BCUT2D eigenvalue weighted by Crippen LogP contribution is 2.32. The van der Waals surface area contributed by atoms with Gasteiger partial charge in [-0.3, -0.25) is 13.9 Å². The molecule has 1 saturated carbocycles. The Morgan fingerprint density at radius 1 is 1.33 bits per heavy atom. The van der Waals surface area contributed by atoms with Crippen LogP contribution < -0.4 is 16.6 Å². The first-order valence-electron chi connectivity index (χ1n) is 6.00. The number of anilines is 1. The van der Waals surface area contributed by atoms with Crippen molar-refractivity contribution in [3.8, 4) is 6.07 Å². The monoisotopic (exact) mass is 248 g/mol. The van der Waals surface area contributed by atoms with Crippen LogP contribution in [0.4, 0.5) is 5.82 Å².